The number of amides is 1. The number of hydrogen-bond donors (Lipinski definition) is 1. The molecule has 1 aliphatic carbocycles. The SMILES string of the molecule is CC(=O)CCC(=O)NOC1CCCC1. The first-order valence-corrected chi connectivity index (χ1v) is 5.12. The number of ketones is 1. The van der Waals surface area contributed by atoms with Crippen molar-refractivity contribution in [3.63, 3.8) is 0 Å². The number of carbonyl (C=O) groups excluding carboxylic acids is 2. The molecule has 0 bridgehead atoms. The van der Waals surface area contributed by atoms with Gasteiger partial charge in [-0.05, 0) is 19.8 Å². The second-order valence-electron chi connectivity index (χ2n) is 3.75. The van der Waals surface area contributed by atoms with Crippen LogP contribution in [0.25, 0.3) is 0 Å². The van der Waals surface area contributed by atoms with Crippen LogP contribution < -0.4 is 5.48 Å². The molecule has 0 aromatic rings. The van der Waals surface area contributed by atoms with Gasteiger partial charge in [0.2, 0.25) is 5.91 Å². The minimum atomic E-state index is -0.202. The Labute approximate surface area is 84.0 Å². The molecule has 0 aliphatic heterocycles. The molecule has 1 saturated carbocycles. The summed E-state index contributed by atoms with van der Waals surface area (Å²) >= 11 is 0. The van der Waals surface area contributed by atoms with Gasteiger partial charge in [0.1, 0.15) is 5.78 Å². The van der Waals surface area contributed by atoms with Crippen LogP contribution in [0.1, 0.15) is 45.4 Å². The van der Waals surface area contributed by atoms with E-state index in [0.29, 0.717) is 6.42 Å². The average Bonchev–Trinajstić information content (AvgIpc) is 2.63. The van der Waals surface area contributed by atoms with Gasteiger partial charge in [-0.1, -0.05) is 12.8 Å². The van der Waals surface area contributed by atoms with Crippen LogP contribution in [0, 0.1) is 0 Å². The molecule has 0 aromatic heterocycles. The van der Waals surface area contributed by atoms with E-state index in [4.69, 9.17) is 4.84 Å². The molecular weight excluding hydrogens is 182 g/mol. The predicted molar refractivity (Wildman–Crippen MR) is 51.4 cm³/mol. The summed E-state index contributed by atoms with van der Waals surface area (Å²) in [7, 11) is 0. The zero-order chi connectivity index (χ0) is 10.4. The molecule has 4 nitrogen and oxygen atoms in total. The van der Waals surface area contributed by atoms with Crippen LogP contribution >= 0.6 is 0 Å². The summed E-state index contributed by atoms with van der Waals surface area (Å²) in [5, 5.41) is 0. The molecular formula is C10H17NO3. The van der Waals surface area contributed by atoms with Crippen LogP contribution in [0.4, 0.5) is 0 Å². The van der Waals surface area contributed by atoms with E-state index < -0.39 is 0 Å². The Balaban J connectivity index is 2.05. The first-order chi connectivity index (χ1) is 6.68. The highest BCUT2D eigenvalue weighted by Crippen LogP contribution is 2.19. The van der Waals surface area contributed by atoms with Gasteiger partial charge in [-0.3, -0.25) is 9.63 Å². The lowest BCUT2D eigenvalue weighted by atomic mass is 10.2. The smallest absolute Gasteiger partial charge is 0.243 e. The van der Waals surface area contributed by atoms with Crippen molar-refractivity contribution in [2.75, 3.05) is 0 Å². The Hall–Kier alpha value is -0.900. The lowest BCUT2D eigenvalue weighted by Crippen LogP contribution is -2.28. The number of rotatable bonds is 5. The van der Waals surface area contributed by atoms with E-state index in [1.807, 2.05) is 0 Å². The average molecular weight is 199 g/mol. The summed E-state index contributed by atoms with van der Waals surface area (Å²) < 4.78 is 0. The maximum atomic E-state index is 11.1. The van der Waals surface area contributed by atoms with Crippen molar-refractivity contribution in [2.24, 2.45) is 0 Å². The molecule has 80 valence electrons. The summed E-state index contributed by atoms with van der Waals surface area (Å²) in [5.74, 6) is -0.173. The number of hydroxylamine groups is 1. The molecule has 1 amide bonds. The Kier molecular flexibility index (Phi) is 4.59. The van der Waals surface area contributed by atoms with Crippen molar-refractivity contribution in [1.82, 2.24) is 5.48 Å². The largest absolute Gasteiger partial charge is 0.300 e. The van der Waals surface area contributed by atoms with E-state index in [1.165, 1.54) is 19.8 Å². The molecule has 0 spiro atoms. The van der Waals surface area contributed by atoms with Gasteiger partial charge in [0.05, 0.1) is 6.10 Å². The maximum Gasteiger partial charge on any atom is 0.243 e. The standard InChI is InChI=1S/C10H17NO3/c1-8(12)6-7-10(13)11-14-9-4-2-3-5-9/h9H,2-7H2,1H3,(H,11,13). The second-order valence-corrected chi connectivity index (χ2v) is 3.75. The molecule has 1 rings (SSSR count). The van der Waals surface area contributed by atoms with Crippen LogP contribution in [-0.4, -0.2) is 17.8 Å². The van der Waals surface area contributed by atoms with Crippen LogP contribution in [0.15, 0.2) is 0 Å². The second kappa shape index (κ2) is 5.75. The van der Waals surface area contributed by atoms with Crippen molar-refractivity contribution in [1.29, 1.82) is 0 Å². The highest BCUT2D eigenvalue weighted by molar-refractivity contribution is 5.82. The molecule has 0 unspecified atom stereocenters. The number of carbonyl (C=O) groups is 2. The number of nitrogens with one attached hydrogen (secondary N) is 1. The Morgan fingerprint density at radius 1 is 1.29 bits per heavy atom. The Bertz CT molecular complexity index is 209. The highest BCUT2D eigenvalue weighted by atomic mass is 16.7. The number of hydrogen-bond acceptors (Lipinski definition) is 3. The summed E-state index contributed by atoms with van der Waals surface area (Å²) in [4.78, 5) is 26.9. The van der Waals surface area contributed by atoms with E-state index in [0.717, 1.165) is 12.8 Å². The van der Waals surface area contributed by atoms with Crippen LogP contribution in [-0.2, 0) is 14.4 Å². The third kappa shape index (κ3) is 4.37. The molecule has 1 fully saturated rings. The van der Waals surface area contributed by atoms with Gasteiger partial charge in [-0.2, -0.15) is 0 Å². The minimum Gasteiger partial charge on any atom is -0.300 e. The molecule has 1 N–H and O–H groups in total. The van der Waals surface area contributed by atoms with E-state index in [2.05, 4.69) is 5.48 Å². The molecule has 0 radical (unpaired) electrons. The lowest BCUT2D eigenvalue weighted by Gasteiger charge is -2.10. The lowest BCUT2D eigenvalue weighted by molar-refractivity contribution is -0.139. The van der Waals surface area contributed by atoms with Crippen LogP contribution in [0.5, 0.6) is 0 Å². The zero-order valence-corrected chi connectivity index (χ0v) is 8.54. The van der Waals surface area contributed by atoms with Crippen LogP contribution in [0.2, 0.25) is 0 Å². The van der Waals surface area contributed by atoms with Gasteiger partial charge in [0.25, 0.3) is 0 Å². The number of Topliss-reactive ketones (excluding diaryl/α,β-unsaturated/α-hetero) is 1. The monoisotopic (exact) mass is 199 g/mol. The molecule has 0 aromatic carbocycles. The van der Waals surface area contributed by atoms with Gasteiger partial charge < -0.3 is 4.79 Å². The summed E-state index contributed by atoms with van der Waals surface area (Å²) in [6.07, 6.45) is 5.08. The van der Waals surface area contributed by atoms with Gasteiger partial charge in [0, 0.05) is 12.8 Å². The van der Waals surface area contributed by atoms with Crippen molar-refractivity contribution in [3.8, 4) is 0 Å². The van der Waals surface area contributed by atoms with Crippen LogP contribution in [0.3, 0.4) is 0 Å². The fourth-order valence-electron chi connectivity index (χ4n) is 1.50. The zero-order valence-electron chi connectivity index (χ0n) is 8.54. The topological polar surface area (TPSA) is 55.4 Å². The molecule has 4 heteroatoms. The predicted octanol–water partition coefficient (Wildman–Crippen LogP) is 1.35. The molecule has 0 atom stereocenters. The van der Waals surface area contributed by atoms with Crippen molar-refractivity contribution in [3.05, 3.63) is 0 Å². The van der Waals surface area contributed by atoms with Crippen molar-refractivity contribution >= 4 is 11.7 Å². The van der Waals surface area contributed by atoms with E-state index in [9.17, 15) is 9.59 Å². The quantitative estimate of drug-likeness (QED) is 0.680. The van der Waals surface area contributed by atoms with Gasteiger partial charge in [-0.25, -0.2) is 5.48 Å². The Morgan fingerprint density at radius 3 is 2.50 bits per heavy atom. The van der Waals surface area contributed by atoms with Gasteiger partial charge >= 0.3 is 0 Å². The molecule has 0 saturated heterocycles. The minimum absolute atomic E-state index is 0.0287. The maximum absolute atomic E-state index is 11.1. The normalized spacial score (nSPS) is 16.9. The molecule has 1 aliphatic rings. The summed E-state index contributed by atoms with van der Waals surface area (Å²) in [5.41, 5.74) is 2.39. The summed E-state index contributed by atoms with van der Waals surface area (Å²) in [6, 6.07) is 0. The van der Waals surface area contributed by atoms with Crippen molar-refractivity contribution in [2.45, 2.75) is 51.6 Å². The fourth-order valence-corrected chi connectivity index (χ4v) is 1.50. The first-order valence-electron chi connectivity index (χ1n) is 5.12. The van der Waals surface area contributed by atoms with Crippen molar-refractivity contribution < 1.29 is 14.4 Å². The highest BCUT2D eigenvalue weighted by Gasteiger charge is 2.16. The van der Waals surface area contributed by atoms with Gasteiger partial charge in [0.15, 0.2) is 0 Å². The van der Waals surface area contributed by atoms with E-state index in [1.54, 1.807) is 0 Å². The van der Waals surface area contributed by atoms with E-state index >= 15 is 0 Å². The third-order valence-electron chi connectivity index (χ3n) is 2.35. The molecule has 0 heterocycles. The Morgan fingerprint density at radius 2 is 1.93 bits per heavy atom. The van der Waals surface area contributed by atoms with Gasteiger partial charge in [-0.15, -0.1) is 0 Å². The summed E-state index contributed by atoms with van der Waals surface area (Å²) in [6.45, 7) is 1.48. The molecule has 14 heavy (non-hydrogen) atoms. The van der Waals surface area contributed by atoms with E-state index in [-0.39, 0.29) is 24.2 Å². The fraction of sp³-hybridized carbons (Fsp3) is 0.800. The third-order valence-corrected chi connectivity index (χ3v) is 2.35. The first kappa shape index (κ1) is 11.2.